The Kier molecular flexibility index (Phi) is 8.36. The van der Waals surface area contributed by atoms with Gasteiger partial charge in [-0.2, -0.15) is 10.5 Å². The van der Waals surface area contributed by atoms with E-state index in [0.717, 1.165) is 92.9 Å². The quantitative estimate of drug-likeness (QED) is 0.176. The number of hydrogen-bond donors (Lipinski definition) is 0. The third kappa shape index (κ3) is 5.26. The van der Waals surface area contributed by atoms with Gasteiger partial charge in [-0.3, -0.25) is 0 Å². The molecule has 17 rings (SSSR count). The molecule has 8 heteroatoms. The smallest absolute Gasteiger partial charge is 0.104 e. The Bertz CT molecular complexity index is 5260. The van der Waals surface area contributed by atoms with E-state index in [1.54, 1.807) is 11.3 Å². The standard InChI is InChI=1S/C68H36N6S2/c69-37-49-63(73-55-29-13-5-23-47(55)61-57(73)35-33-45-43-21-7-15-31-59(43)75-67(45)61)50(38-70)65(72-53-27-11-3-19-41(53)42-20-4-12-28-54(42)72)66(64(49)71-51-25-9-1-17-39(51)40-18-2-10-26-52(40)71)74-56-30-14-6-24-48(56)62-58(74)36-34-46-44-22-8-16-32-60(44)76-68(46)62/h1-36H. The Balaban J connectivity index is 1.18. The van der Waals surface area contributed by atoms with Crippen molar-refractivity contribution in [1.82, 2.24) is 18.3 Å². The van der Waals surface area contributed by atoms with Gasteiger partial charge in [0.2, 0.25) is 0 Å². The molecule has 0 saturated heterocycles. The molecule has 0 aliphatic carbocycles. The van der Waals surface area contributed by atoms with E-state index in [2.05, 4.69) is 249 Å². The number of aromatic nitrogens is 4. The van der Waals surface area contributed by atoms with Gasteiger partial charge in [0.15, 0.2) is 0 Å². The fraction of sp³-hybridized carbons (Fsp3) is 0. The summed E-state index contributed by atoms with van der Waals surface area (Å²) in [5.74, 6) is 0. The maximum Gasteiger partial charge on any atom is 0.104 e. The molecule has 6 nitrogen and oxygen atoms in total. The minimum atomic E-state index is 0.385. The summed E-state index contributed by atoms with van der Waals surface area (Å²) in [5, 5.41) is 38.7. The molecule has 6 heterocycles. The van der Waals surface area contributed by atoms with Gasteiger partial charge < -0.3 is 18.3 Å². The van der Waals surface area contributed by atoms with Crippen molar-refractivity contribution < 1.29 is 0 Å². The lowest BCUT2D eigenvalue weighted by atomic mass is 9.98. The van der Waals surface area contributed by atoms with Crippen molar-refractivity contribution in [2.75, 3.05) is 0 Å². The van der Waals surface area contributed by atoms with Gasteiger partial charge >= 0.3 is 0 Å². The Hall–Kier alpha value is -9.96. The second kappa shape index (κ2) is 15.3. The van der Waals surface area contributed by atoms with Crippen molar-refractivity contribution in [3.63, 3.8) is 0 Å². The van der Waals surface area contributed by atoms with E-state index in [4.69, 9.17) is 0 Å². The van der Waals surface area contributed by atoms with Crippen LogP contribution in [0.25, 0.3) is 150 Å². The molecule has 76 heavy (non-hydrogen) atoms. The van der Waals surface area contributed by atoms with Gasteiger partial charge in [-0.05, 0) is 60.7 Å². The highest BCUT2D eigenvalue weighted by atomic mass is 32.1. The molecule has 0 amide bonds. The second-order valence-corrected chi connectivity index (χ2v) is 21.8. The number of thiophene rings is 2. The molecule has 0 saturated carbocycles. The summed E-state index contributed by atoms with van der Waals surface area (Å²) in [7, 11) is 0. The molecule has 0 spiro atoms. The van der Waals surface area contributed by atoms with Crippen LogP contribution in [0.5, 0.6) is 0 Å². The molecular weight excluding hydrogens is 965 g/mol. The summed E-state index contributed by atoms with van der Waals surface area (Å²) in [5.41, 5.74) is 11.0. The molecule has 350 valence electrons. The third-order valence-electron chi connectivity index (χ3n) is 16.0. The number of rotatable bonds is 4. The van der Waals surface area contributed by atoms with Crippen LogP contribution in [0.2, 0.25) is 0 Å². The Morgan fingerprint density at radius 3 is 0.908 bits per heavy atom. The molecule has 0 unspecified atom stereocenters. The highest BCUT2D eigenvalue weighted by Gasteiger charge is 2.35. The molecule has 17 aromatic rings. The summed E-state index contributed by atoms with van der Waals surface area (Å²) in [6.45, 7) is 0. The highest BCUT2D eigenvalue weighted by molar-refractivity contribution is 7.27. The zero-order valence-electron chi connectivity index (χ0n) is 40.3. The first-order valence-electron chi connectivity index (χ1n) is 25.4. The van der Waals surface area contributed by atoms with Crippen LogP contribution in [0, 0.1) is 22.7 Å². The minimum absolute atomic E-state index is 0.385. The Labute approximate surface area is 440 Å². The first kappa shape index (κ1) is 41.5. The predicted molar refractivity (Wildman–Crippen MR) is 319 cm³/mol. The van der Waals surface area contributed by atoms with Gasteiger partial charge in [-0.1, -0.05) is 158 Å². The van der Waals surface area contributed by atoms with Crippen molar-refractivity contribution in [1.29, 1.82) is 10.5 Å². The Morgan fingerprint density at radius 2 is 0.539 bits per heavy atom. The fourth-order valence-corrected chi connectivity index (χ4v) is 15.6. The van der Waals surface area contributed by atoms with Crippen LogP contribution >= 0.6 is 22.7 Å². The van der Waals surface area contributed by atoms with Gasteiger partial charge in [0.1, 0.15) is 23.3 Å². The van der Waals surface area contributed by atoms with Crippen molar-refractivity contribution in [3.8, 4) is 34.9 Å². The van der Waals surface area contributed by atoms with Crippen LogP contribution in [0.4, 0.5) is 0 Å². The summed E-state index contributed by atoms with van der Waals surface area (Å²) in [6, 6.07) is 83.4. The number of nitriles is 2. The van der Waals surface area contributed by atoms with Gasteiger partial charge in [0.25, 0.3) is 0 Å². The van der Waals surface area contributed by atoms with Crippen LogP contribution in [-0.2, 0) is 0 Å². The molecule has 6 aromatic heterocycles. The van der Waals surface area contributed by atoms with E-state index in [-0.39, 0.29) is 0 Å². The minimum Gasteiger partial charge on any atom is -0.306 e. The van der Waals surface area contributed by atoms with Crippen LogP contribution in [-0.4, -0.2) is 18.3 Å². The zero-order chi connectivity index (χ0) is 49.9. The van der Waals surface area contributed by atoms with Crippen molar-refractivity contribution >= 4 is 150 Å². The molecule has 0 N–H and O–H groups in total. The average molecular weight is 1000 g/mol. The van der Waals surface area contributed by atoms with E-state index >= 15 is 0 Å². The van der Waals surface area contributed by atoms with E-state index < -0.39 is 0 Å². The van der Waals surface area contributed by atoms with Gasteiger partial charge in [-0.15, -0.1) is 22.7 Å². The Morgan fingerprint density at radius 1 is 0.250 bits per heavy atom. The van der Waals surface area contributed by atoms with Crippen LogP contribution < -0.4 is 0 Å². The first-order valence-corrected chi connectivity index (χ1v) is 27.0. The number of para-hydroxylation sites is 6. The maximum absolute atomic E-state index is 12.6. The van der Waals surface area contributed by atoms with Crippen molar-refractivity contribution in [3.05, 3.63) is 230 Å². The van der Waals surface area contributed by atoms with E-state index in [0.29, 0.717) is 28.2 Å². The maximum atomic E-state index is 12.6. The van der Waals surface area contributed by atoms with Gasteiger partial charge in [0.05, 0.1) is 66.9 Å². The molecule has 11 aromatic carbocycles. The number of benzene rings is 11. The number of hydrogen-bond acceptors (Lipinski definition) is 4. The summed E-state index contributed by atoms with van der Waals surface area (Å²) in [4.78, 5) is 0. The summed E-state index contributed by atoms with van der Waals surface area (Å²) in [6.07, 6.45) is 0. The molecule has 0 fully saturated rings. The lowest BCUT2D eigenvalue weighted by molar-refractivity contribution is 1.02. The fourth-order valence-electron chi connectivity index (χ4n) is 13.1. The monoisotopic (exact) mass is 1000 g/mol. The predicted octanol–water partition coefficient (Wildman–Crippen LogP) is 18.6. The largest absolute Gasteiger partial charge is 0.306 e. The van der Waals surface area contributed by atoms with Crippen LogP contribution in [0.15, 0.2) is 218 Å². The van der Waals surface area contributed by atoms with Crippen LogP contribution in [0.1, 0.15) is 11.1 Å². The normalized spacial score (nSPS) is 12.2. The molecule has 0 atom stereocenters. The van der Waals surface area contributed by atoms with Gasteiger partial charge in [0, 0.05) is 83.4 Å². The molecular formula is C68H36N6S2. The molecule has 0 bridgehead atoms. The molecule has 0 aliphatic heterocycles. The van der Waals surface area contributed by atoms with E-state index in [1.807, 2.05) is 11.3 Å². The summed E-state index contributed by atoms with van der Waals surface area (Å²) >= 11 is 3.61. The second-order valence-electron chi connectivity index (χ2n) is 19.7. The topological polar surface area (TPSA) is 67.3 Å². The van der Waals surface area contributed by atoms with E-state index in [1.165, 1.54) is 40.3 Å². The molecule has 0 radical (unpaired) electrons. The molecule has 0 aliphatic rings. The van der Waals surface area contributed by atoms with Crippen molar-refractivity contribution in [2.24, 2.45) is 0 Å². The van der Waals surface area contributed by atoms with Gasteiger partial charge in [-0.25, -0.2) is 0 Å². The highest BCUT2D eigenvalue weighted by Crippen LogP contribution is 2.51. The zero-order valence-corrected chi connectivity index (χ0v) is 41.9. The van der Waals surface area contributed by atoms with Crippen molar-refractivity contribution in [2.45, 2.75) is 0 Å². The summed E-state index contributed by atoms with van der Waals surface area (Å²) < 4.78 is 14.0. The van der Waals surface area contributed by atoms with Crippen LogP contribution in [0.3, 0.4) is 0 Å². The number of fused-ring (bicyclic) bond motifs is 20. The first-order chi connectivity index (χ1) is 37.7. The lowest BCUT2D eigenvalue weighted by Crippen LogP contribution is -2.16. The average Bonchev–Trinajstić information content (AvgIpc) is 4.42. The third-order valence-corrected chi connectivity index (χ3v) is 18.4. The lowest BCUT2D eigenvalue weighted by Gasteiger charge is -2.27. The van der Waals surface area contributed by atoms with E-state index in [9.17, 15) is 10.5 Å². The SMILES string of the molecule is N#Cc1c(-n2c3ccccc3c3ccccc32)c(-n2c3ccccc3c3c4sc5ccccc5c4ccc32)c(-n2c3ccccc3c3ccccc32)c(C#N)c1-n1c2ccccc2c2c3sc4ccccc4c3ccc21. The number of nitrogens with zero attached hydrogens (tertiary/aromatic N) is 6.